The highest BCUT2D eigenvalue weighted by molar-refractivity contribution is 7.91. The van der Waals surface area contributed by atoms with E-state index in [-0.39, 0.29) is 18.1 Å². The van der Waals surface area contributed by atoms with Gasteiger partial charge in [0.25, 0.3) is 0 Å². The van der Waals surface area contributed by atoms with Crippen molar-refractivity contribution in [3.63, 3.8) is 0 Å². The van der Waals surface area contributed by atoms with Gasteiger partial charge in [-0.25, -0.2) is 23.1 Å². The van der Waals surface area contributed by atoms with Crippen LogP contribution in [0.25, 0.3) is 11.0 Å². The molecule has 0 aliphatic rings. The van der Waals surface area contributed by atoms with Gasteiger partial charge in [0, 0.05) is 5.75 Å². The first kappa shape index (κ1) is 13.2. The lowest BCUT2D eigenvalue weighted by molar-refractivity contribution is 0.584. The molecule has 6 nitrogen and oxygen atoms in total. The van der Waals surface area contributed by atoms with Crippen LogP contribution in [0.5, 0.6) is 0 Å². The van der Waals surface area contributed by atoms with Crippen LogP contribution < -0.4 is 0 Å². The van der Waals surface area contributed by atoms with E-state index in [0.29, 0.717) is 22.0 Å². The first-order valence-corrected chi connectivity index (χ1v) is 7.69. The molecule has 2 aromatic heterocycles. The number of rotatable bonds is 4. The Balaban J connectivity index is 2.35. The van der Waals surface area contributed by atoms with E-state index in [9.17, 15) is 8.42 Å². The molecule has 18 heavy (non-hydrogen) atoms. The Hall–Kier alpha value is -1.21. The maximum Gasteiger partial charge on any atom is 0.163 e. The predicted molar refractivity (Wildman–Crippen MR) is 69.4 cm³/mol. The van der Waals surface area contributed by atoms with Crippen molar-refractivity contribution in [1.29, 1.82) is 0 Å². The molecular formula is C10H13ClN4O2S. The van der Waals surface area contributed by atoms with Crippen molar-refractivity contribution in [2.24, 2.45) is 0 Å². The van der Waals surface area contributed by atoms with Crippen molar-refractivity contribution < 1.29 is 8.42 Å². The van der Waals surface area contributed by atoms with Crippen LogP contribution >= 0.6 is 11.6 Å². The second-order valence-corrected chi connectivity index (χ2v) is 6.73. The van der Waals surface area contributed by atoms with Crippen molar-refractivity contribution >= 4 is 32.5 Å². The molecule has 0 bridgehead atoms. The second-order valence-electron chi connectivity index (χ2n) is 3.90. The van der Waals surface area contributed by atoms with Crippen LogP contribution in [0.4, 0.5) is 0 Å². The SMILES string of the molecule is CCS(=O)(=O)CCn1ncc2c(Cl)nc(C)nc21. The lowest BCUT2D eigenvalue weighted by atomic mass is 10.4. The van der Waals surface area contributed by atoms with Crippen molar-refractivity contribution in [1.82, 2.24) is 19.7 Å². The van der Waals surface area contributed by atoms with Gasteiger partial charge in [0.2, 0.25) is 0 Å². The Labute approximate surface area is 110 Å². The molecule has 0 saturated carbocycles. The first-order valence-electron chi connectivity index (χ1n) is 5.49. The molecule has 2 aromatic rings. The number of sulfone groups is 1. The molecule has 0 radical (unpaired) electrons. The Morgan fingerprint density at radius 2 is 2.11 bits per heavy atom. The van der Waals surface area contributed by atoms with Gasteiger partial charge < -0.3 is 0 Å². The number of nitrogens with zero attached hydrogens (tertiary/aromatic N) is 4. The van der Waals surface area contributed by atoms with Gasteiger partial charge in [-0.05, 0) is 6.92 Å². The minimum atomic E-state index is -3.02. The monoisotopic (exact) mass is 288 g/mol. The van der Waals surface area contributed by atoms with Crippen LogP contribution in [0.3, 0.4) is 0 Å². The molecule has 98 valence electrons. The summed E-state index contributed by atoms with van der Waals surface area (Å²) in [4.78, 5) is 8.26. The van der Waals surface area contributed by atoms with E-state index < -0.39 is 9.84 Å². The molecule has 0 N–H and O–H groups in total. The number of halogens is 1. The van der Waals surface area contributed by atoms with Gasteiger partial charge in [-0.2, -0.15) is 5.10 Å². The highest BCUT2D eigenvalue weighted by atomic mass is 35.5. The topological polar surface area (TPSA) is 77.7 Å². The van der Waals surface area contributed by atoms with Gasteiger partial charge in [0.05, 0.1) is 23.9 Å². The molecule has 0 aliphatic heterocycles. The minimum absolute atomic E-state index is 0.0426. The summed E-state index contributed by atoms with van der Waals surface area (Å²) in [6.45, 7) is 3.62. The maximum atomic E-state index is 11.5. The zero-order chi connectivity index (χ0) is 13.3. The number of aryl methyl sites for hydroxylation is 2. The average Bonchev–Trinajstić information content (AvgIpc) is 2.70. The van der Waals surface area contributed by atoms with Crippen LogP contribution in [0.1, 0.15) is 12.7 Å². The van der Waals surface area contributed by atoms with Crippen LogP contribution in [-0.2, 0) is 16.4 Å². The minimum Gasteiger partial charge on any atom is -0.246 e. The summed E-state index contributed by atoms with van der Waals surface area (Å²) in [6, 6.07) is 0. The largest absolute Gasteiger partial charge is 0.246 e. The maximum absolute atomic E-state index is 11.5. The van der Waals surface area contributed by atoms with Crippen molar-refractivity contribution in [2.75, 3.05) is 11.5 Å². The van der Waals surface area contributed by atoms with E-state index in [2.05, 4.69) is 15.1 Å². The van der Waals surface area contributed by atoms with E-state index in [0.717, 1.165) is 0 Å². The molecule has 0 aliphatic carbocycles. The fourth-order valence-corrected chi connectivity index (χ4v) is 2.55. The Kier molecular flexibility index (Phi) is 3.54. The van der Waals surface area contributed by atoms with Crippen molar-refractivity contribution in [3.8, 4) is 0 Å². The zero-order valence-corrected chi connectivity index (χ0v) is 11.7. The molecule has 0 saturated heterocycles. The third-order valence-electron chi connectivity index (χ3n) is 2.62. The van der Waals surface area contributed by atoms with Crippen LogP contribution in [0.15, 0.2) is 6.20 Å². The third-order valence-corrected chi connectivity index (χ3v) is 4.59. The molecule has 2 rings (SSSR count). The summed E-state index contributed by atoms with van der Waals surface area (Å²) in [5.74, 6) is 0.703. The lowest BCUT2D eigenvalue weighted by Crippen LogP contribution is -2.15. The summed E-state index contributed by atoms with van der Waals surface area (Å²) >= 11 is 5.97. The van der Waals surface area contributed by atoms with E-state index >= 15 is 0 Å². The molecule has 0 atom stereocenters. The van der Waals surface area contributed by atoms with Gasteiger partial charge in [0.15, 0.2) is 15.5 Å². The fourth-order valence-electron chi connectivity index (χ4n) is 1.56. The molecular weight excluding hydrogens is 276 g/mol. The molecule has 0 unspecified atom stereocenters. The van der Waals surface area contributed by atoms with E-state index in [4.69, 9.17) is 11.6 Å². The quantitative estimate of drug-likeness (QED) is 0.791. The molecule has 0 spiro atoms. The van der Waals surface area contributed by atoms with Crippen LogP contribution in [-0.4, -0.2) is 39.7 Å². The van der Waals surface area contributed by atoms with Crippen LogP contribution in [0.2, 0.25) is 5.15 Å². The number of aromatic nitrogens is 4. The summed E-state index contributed by atoms with van der Waals surface area (Å²) in [7, 11) is -3.02. The number of fused-ring (bicyclic) bond motifs is 1. The summed E-state index contributed by atoms with van der Waals surface area (Å²) in [5.41, 5.74) is 0.568. The predicted octanol–water partition coefficient (Wildman–Crippen LogP) is 1.22. The summed E-state index contributed by atoms with van der Waals surface area (Å²) in [6.07, 6.45) is 1.55. The summed E-state index contributed by atoms with van der Waals surface area (Å²) < 4.78 is 24.5. The third kappa shape index (κ3) is 2.62. The van der Waals surface area contributed by atoms with Gasteiger partial charge in [-0.1, -0.05) is 18.5 Å². The number of hydrogen-bond donors (Lipinski definition) is 0. The fraction of sp³-hybridized carbons (Fsp3) is 0.500. The van der Waals surface area contributed by atoms with E-state index in [1.54, 1.807) is 24.7 Å². The molecule has 8 heteroatoms. The lowest BCUT2D eigenvalue weighted by Gasteiger charge is -2.03. The molecule has 0 amide bonds. The van der Waals surface area contributed by atoms with E-state index in [1.165, 1.54) is 0 Å². The Bertz CT molecular complexity index is 680. The summed E-state index contributed by atoms with van der Waals surface area (Å²) in [5, 5.41) is 5.07. The van der Waals surface area contributed by atoms with Gasteiger partial charge >= 0.3 is 0 Å². The van der Waals surface area contributed by atoms with Gasteiger partial charge in [0.1, 0.15) is 11.0 Å². The number of hydrogen-bond acceptors (Lipinski definition) is 5. The standard InChI is InChI=1S/C10H13ClN4O2S/c1-3-18(16,17)5-4-15-10-8(6-12-15)9(11)13-7(2)14-10/h6H,3-5H2,1-2H3. The average molecular weight is 289 g/mol. The molecule has 0 aromatic carbocycles. The molecule has 0 fully saturated rings. The van der Waals surface area contributed by atoms with Gasteiger partial charge in [-0.15, -0.1) is 0 Å². The Morgan fingerprint density at radius 3 is 2.78 bits per heavy atom. The molecule has 2 heterocycles. The zero-order valence-electron chi connectivity index (χ0n) is 10.1. The van der Waals surface area contributed by atoms with E-state index in [1.807, 2.05) is 0 Å². The Morgan fingerprint density at radius 1 is 1.39 bits per heavy atom. The van der Waals surface area contributed by atoms with Crippen molar-refractivity contribution in [2.45, 2.75) is 20.4 Å². The highest BCUT2D eigenvalue weighted by Gasteiger charge is 2.13. The van der Waals surface area contributed by atoms with Crippen LogP contribution in [0, 0.1) is 6.92 Å². The highest BCUT2D eigenvalue weighted by Crippen LogP contribution is 2.19. The smallest absolute Gasteiger partial charge is 0.163 e. The first-order chi connectivity index (χ1) is 8.43. The van der Waals surface area contributed by atoms with Crippen molar-refractivity contribution in [3.05, 3.63) is 17.2 Å². The normalized spacial score (nSPS) is 12.2. The van der Waals surface area contributed by atoms with Gasteiger partial charge in [-0.3, -0.25) is 0 Å². The second kappa shape index (κ2) is 4.81.